The van der Waals surface area contributed by atoms with Gasteiger partial charge in [-0.05, 0) is 55.5 Å². The summed E-state index contributed by atoms with van der Waals surface area (Å²) in [5, 5.41) is 0. The molecule has 5 heteroatoms. The summed E-state index contributed by atoms with van der Waals surface area (Å²) in [4.78, 5) is 27.5. The molecule has 1 aromatic heterocycles. The Kier molecular flexibility index (Phi) is 4.62. The Morgan fingerprint density at radius 2 is 2.04 bits per heavy atom. The number of hydrogen-bond acceptors (Lipinski definition) is 2. The Labute approximate surface area is 158 Å². The molecule has 1 aromatic carbocycles. The van der Waals surface area contributed by atoms with Crippen LogP contribution in [0.25, 0.3) is 0 Å². The fourth-order valence-electron chi connectivity index (χ4n) is 4.83. The third-order valence-electron chi connectivity index (χ3n) is 6.07. The maximum Gasteiger partial charge on any atom is 0.253 e. The number of carbonyl (C=O) groups excluding carboxylic acids is 1. The predicted molar refractivity (Wildman–Crippen MR) is 103 cm³/mol. The molecule has 2 aliphatic rings. The Balaban J connectivity index is 1.68. The summed E-state index contributed by atoms with van der Waals surface area (Å²) in [5.41, 5.74) is 2.13. The average Bonchev–Trinajstić information content (AvgIpc) is 2.67. The standard InChI is InChI=1S/C22H25FN2O2/c1-3-5-19-16-11-17(20-6-4-7-21(26)25(19)20)13-24(12-16)22(27)15-8-9-18(23)14(2)10-15/h4,6-10,16-17,19H,3,5,11-13H2,1-2H3/t16-,17+,19-/m0/s1. The maximum absolute atomic E-state index is 13.6. The number of pyridine rings is 1. The number of aryl methyl sites for hydroxylation is 1. The van der Waals surface area contributed by atoms with Crippen molar-refractivity contribution in [2.24, 2.45) is 5.92 Å². The number of fused-ring (bicyclic) bond motifs is 4. The largest absolute Gasteiger partial charge is 0.338 e. The van der Waals surface area contributed by atoms with Crippen LogP contribution in [0.4, 0.5) is 4.39 Å². The summed E-state index contributed by atoms with van der Waals surface area (Å²) < 4.78 is 15.6. The fourth-order valence-corrected chi connectivity index (χ4v) is 4.83. The summed E-state index contributed by atoms with van der Waals surface area (Å²) in [7, 11) is 0. The topological polar surface area (TPSA) is 42.3 Å². The first-order valence-electron chi connectivity index (χ1n) is 9.76. The lowest BCUT2D eigenvalue weighted by Gasteiger charge is -2.47. The molecule has 3 atom stereocenters. The van der Waals surface area contributed by atoms with Crippen LogP contribution in [-0.2, 0) is 0 Å². The molecule has 2 bridgehead atoms. The van der Waals surface area contributed by atoms with Crippen LogP contribution >= 0.6 is 0 Å². The molecule has 27 heavy (non-hydrogen) atoms. The van der Waals surface area contributed by atoms with E-state index < -0.39 is 0 Å². The van der Waals surface area contributed by atoms with Crippen LogP contribution in [0, 0.1) is 18.7 Å². The lowest BCUT2D eigenvalue weighted by Crippen LogP contribution is -2.51. The van der Waals surface area contributed by atoms with Gasteiger partial charge >= 0.3 is 0 Å². The van der Waals surface area contributed by atoms with E-state index in [9.17, 15) is 14.0 Å². The van der Waals surface area contributed by atoms with E-state index in [1.807, 2.05) is 21.6 Å². The number of nitrogens with zero attached hydrogens (tertiary/aromatic N) is 2. The van der Waals surface area contributed by atoms with Crippen molar-refractivity contribution in [1.29, 1.82) is 0 Å². The zero-order valence-electron chi connectivity index (χ0n) is 15.8. The molecule has 0 N–H and O–H groups in total. The van der Waals surface area contributed by atoms with Gasteiger partial charge in [-0.2, -0.15) is 0 Å². The molecule has 1 fully saturated rings. The minimum atomic E-state index is -0.293. The van der Waals surface area contributed by atoms with E-state index in [4.69, 9.17) is 0 Å². The van der Waals surface area contributed by atoms with E-state index in [0.29, 0.717) is 24.2 Å². The van der Waals surface area contributed by atoms with E-state index in [0.717, 1.165) is 25.0 Å². The van der Waals surface area contributed by atoms with E-state index in [-0.39, 0.29) is 35.2 Å². The lowest BCUT2D eigenvalue weighted by atomic mass is 9.77. The molecule has 4 nitrogen and oxygen atoms in total. The Morgan fingerprint density at radius 3 is 2.78 bits per heavy atom. The second kappa shape index (κ2) is 6.95. The van der Waals surface area contributed by atoms with Gasteiger partial charge in [-0.15, -0.1) is 0 Å². The zero-order valence-corrected chi connectivity index (χ0v) is 15.8. The summed E-state index contributed by atoms with van der Waals surface area (Å²) in [6, 6.07) is 10.2. The highest BCUT2D eigenvalue weighted by molar-refractivity contribution is 5.94. The number of rotatable bonds is 3. The summed E-state index contributed by atoms with van der Waals surface area (Å²) in [6.07, 6.45) is 2.95. The van der Waals surface area contributed by atoms with E-state index >= 15 is 0 Å². The van der Waals surface area contributed by atoms with Crippen molar-refractivity contribution in [2.75, 3.05) is 13.1 Å². The molecular weight excluding hydrogens is 343 g/mol. The first-order valence-corrected chi connectivity index (χ1v) is 9.76. The number of halogens is 1. The molecule has 3 heterocycles. The smallest absolute Gasteiger partial charge is 0.253 e. The van der Waals surface area contributed by atoms with Crippen molar-refractivity contribution in [3.8, 4) is 0 Å². The van der Waals surface area contributed by atoms with Gasteiger partial charge in [-0.3, -0.25) is 9.59 Å². The third kappa shape index (κ3) is 3.09. The van der Waals surface area contributed by atoms with Crippen LogP contribution in [0.15, 0.2) is 41.2 Å². The van der Waals surface area contributed by atoms with Crippen LogP contribution in [0.5, 0.6) is 0 Å². The molecular formula is C22H25FN2O2. The highest BCUT2D eigenvalue weighted by Crippen LogP contribution is 2.43. The van der Waals surface area contributed by atoms with Crippen molar-refractivity contribution in [2.45, 2.75) is 45.1 Å². The number of likely N-dealkylation sites (tertiary alicyclic amines) is 1. The van der Waals surface area contributed by atoms with Gasteiger partial charge in [-0.25, -0.2) is 4.39 Å². The Morgan fingerprint density at radius 1 is 1.22 bits per heavy atom. The van der Waals surface area contributed by atoms with Crippen molar-refractivity contribution in [1.82, 2.24) is 9.47 Å². The van der Waals surface area contributed by atoms with Gasteiger partial charge in [0.15, 0.2) is 0 Å². The lowest BCUT2D eigenvalue weighted by molar-refractivity contribution is 0.0518. The van der Waals surface area contributed by atoms with Crippen LogP contribution in [0.3, 0.4) is 0 Å². The van der Waals surface area contributed by atoms with Crippen molar-refractivity contribution in [3.05, 3.63) is 69.4 Å². The minimum absolute atomic E-state index is 0.0465. The van der Waals surface area contributed by atoms with Gasteiger partial charge in [0.1, 0.15) is 5.82 Å². The van der Waals surface area contributed by atoms with E-state index in [2.05, 4.69) is 6.92 Å². The molecule has 0 unspecified atom stereocenters. The molecule has 142 valence electrons. The second-order valence-corrected chi connectivity index (χ2v) is 7.88. The van der Waals surface area contributed by atoms with Gasteiger partial charge in [-0.1, -0.05) is 19.4 Å². The summed E-state index contributed by atoms with van der Waals surface area (Å²) in [6.45, 7) is 5.06. The van der Waals surface area contributed by atoms with Gasteiger partial charge in [0.2, 0.25) is 0 Å². The number of piperidine rings is 1. The van der Waals surface area contributed by atoms with E-state index in [1.165, 1.54) is 6.07 Å². The predicted octanol–water partition coefficient (Wildman–Crippen LogP) is 3.90. The molecule has 1 amide bonds. The molecule has 2 aromatic rings. The van der Waals surface area contributed by atoms with Crippen LogP contribution < -0.4 is 5.56 Å². The normalized spacial score (nSPS) is 23.8. The monoisotopic (exact) mass is 368 g/mol. The molecule has 0 aliphatic carbocycles. The van der Waals surface area contributed by atoms with Crippen molar-refractivity contribution in [3.63, 3.8) is 0 Å². The molecule has 0 saturated carbocycles. The number of aromatic nitrogens is 1. The number of hydrogen-bond donors (Lipinski definition) is 0. The Bertz CT molecular complexity index is 936. The van der Waals surface area contributed by atoms with Crippen LogP contribution in [0.2, 0.25) is 0 Å². The summed E-state index contributed by atoms with van der Waals surface area (Å²) in [5.74, 6) is 0.117. The molecule has 4 rings (SSSR count). The van der Waals surface area contributed by atoms with Gasteiger partial charge < -0.3 is 9.47 Å². The van der Waals surface area contributed by atoms with Crippen molar-refractivity contribution < 1.29 is 9.18 Å². The molecule has 2 aliphatic heterocycles. The summed E-state index contributed by atoms with van der Waals surface area (Å²) >= 11 is 0. The third-order valence-corrected chi connectivity index (χ3v) is 6.07. The van der Waals surface area contributed by atoms with Crippen LogP contribution in [0.1, 0.15) is 59.8 Å². The maximum atomic E-state index is 13.6. The van der Waals surface area contributed by atoms with Gasteiger partial charge in [0, 0.05) is 42.4 Å². The zero-order chi connectivity index (χ0) is 19.1. The average molecular weight is 368 g/mol. The first kappa shape index (κ1) is 18.0. The van der Waals surface area contributed by atoms with Crippen molar-refractivity contribution >= 4 is 5.91 Å². The highest BCUT2D eigenvalue weighted by Gasteiger charge is 2.41. The SMILES string of the molecule is CCC[C@H]1[C@H]2C[C@H](CN(C(=O)c3ccc(F)c(C)c3)C2)c2cccc(=O)n21. The van der Waals surface area contributed by atoms with Gasteiger partial charge in [0.25, 0.3) is 11.5 Å². The Hall–Kier alpha value is -2.43. The van der Waals surface area contributed by atoms with Gasteiger partial charge in [0.05, 0.1) is 0 Å². The molecule has 1 saturated heterocycles. The van der Waals surface area contributed by atoms with Crippen LogP contribution in [-0.4, -0.2) is 28.5 Å². The minimum Gasteiger partial charge on any atom is -0.338 e. The fraction of sp³-hybridized carbons (Fsp3) is 0.455. The molecule has 0 radical (unpaired) electrons. The molecule has 0 spiro atoms. The second-order valence-electron chi connectivity index (χ2n) is 7.88. The van der Waals surface area contributed by atoms with E-state index in [1.54, 1.807) is 25.1 Å². The first-order chi connectivity index (χ1) is 13.0. The highest BCUT2D eigenvalue weighted by atomic mass is 19.1. The number of benzene rings is 1. The number of amides is 1. The quantitative estimate of drug-likeness (QED) is 0.825. The number of carbonyl (C=O) groups is 1.